The minimum Gasteiger partial charge on any atom is -0.508 e. The molecular formula is C13H8F2O2. The molecule has 0 spiro atoms. The van der Waals surface area contributed by atoms with Crippen molar-refractivity contribution >= 4 is 6.29 Å². The van der Waals surface area contributed by atoms with E-state index < -0.39 is 11.6 Å². The summed E-state index contributed by atoms with van der Waals surface area (Å²) in [6.07, 6.45) is 0.554. The summed E-state index contributed by atoms with van der Waals surface area (Å²) < 4.78 is 26.0. The number of halogens is 2. The molecule has 4 heteroatoms. The standard InChI is InChI=1S/C13H8F2O2/c14-11-3-10(4-12(15)6-11)9-1-8(7-16)2-13(17)5-9/h1-7,17H. The van der Waals surface area contributed by atoms with Crippen LogP contribution in [0.4, 0.5) is 8.78 Å². The Labute approximate surface area is 96.1 Å². The van der Waals surface area contributed by atoms with E-state index in [-0.39, 0.29) is 16.9 Å². The Morgan fingerprint density at radius 2 is 1.47 bits per heavy atom. The molecule has 0 saturated carbocycles. The van der Waals surface area contributed by atoms with Gasteiger partial charge in [0.1, 0.15) is 23.7 Å². The first-order valence-corrected chi connectivity index (χ1v) is 4.84. The van der Waals surface area contributed by atoms with Crippen molar-refractivity contribution in [3.63, 3.8) is 0 Å². The van der Waals surface area contributed by atoms with Crippen LogP contribution >= 0.6 is 0 Å². The molecule has 17 heavy (non-hydrogen) atoms. The fraction of sp³-hybridized carbons (Fsp3) is 0. The van der Waals surface area contributed by atoms with Gasteiger partial charge >= 0.3 is 0 Å². The molecule has 0 unspecified atom stereocenters. The third kappa shape index (κ3) is 2.47. The first-order chi connectivity index (χ1) is 8.08. The Bertz CT molecular complexity index is 559. The molecule has 0 aliphatic carbocycles. The van der Waals surface area contributed by atoms with Crippen molar-refractivity contribution in [2.24, 2.45) is 0 Å². The Morgan fingerprint density at radius 1 is 0.882 bits per heavy atom. The van der Waals surface area contributed by atoms with Crippen LogP contribution in [0.25, 0.3) is 11.1 Å². The van der Waals surface area contributed by atoms with Gasteiger partial charge in [-0.15, -0.1) is 0 Å². The second-order valence-corrected chi connectivity index (χ2v) is 3.59. The van der Waals surface area contributed by atoms with E-state index in [0.29, 0.717) is 11.8 Å². The van der Waals surface area contributed by atoms with Crippen LogP contribution < -0.4 is 0 Å². The highest BCUT2D eigenvalue weighted by Crippen LogP contribution is 2.26. The largest absolute Gasteiger partial charge is 0.508 e. The van der Waals surface area contributed by atoms with Crippen LogP contribution in [0.3, 0.4) is 0 Å². The molecule has 0 radical (unpaired) electrons. The molecule has 2 aromatic carbocycles. The maximum Gasteiger partial charge on any atom is 0.150 e. The van der Waals surface area contributed by atoms with Gasteiger partial charge in [-0.05, 0) is 41.5 Å². The molecule has 0 fully saturated rings. The van der Waals surface area contributed by atoms with Gasteiger partial charge in [-0.2, -0.15) is 0 Å². The Kier molecular flexibility index (Phi) is 2.87. The van der Waals surface area contributed by atoms with E-state index in [9.17, 15) is 18.7 Å². The Hall–Kier alpha value is -2.23. The summed E-state index contributed by atoms with van der Waals surface area (Å²) in [5.74, 6) is -1.55. The van der Waals surface area contributed by atoms with Crippen LogP contribution in [-0.4, -0.2) is 11.4 Å². The second kappa shape index (κ2) is 4.33. The number of benzene rings is 2. The van der Waals surface area contributed by atoms with Gasteiger partial charge in [0.05, 0.1) is 0 Å². The fourth-order valence-electron chi connectivity index (χ4n) is 1.59. The van der Waals surface area contributed by atoms with Crippen LogP contribution in [0.15, 0.2) is 36.4 Å². The number of carbonyl (C=O) groups excluding carboxylic acids is 1. The van der Waals surface area contributed by atoms with Crippen LogP contribution in [-0.2, 0) is 0 Å². The van der Waals surface area contributed by atoms with Crippen molar-refractivity contribution in [2.45, 2.75) is 0 Å². The number of aldehydes is 1. The van der Waals surface area contributed by atoms with E-state index in [1.54, 1.807) is 0 Å². The predicted molar refractivity (Wildman–Crippen MR) is 58.8 cm³/mol. The molecule has 0 atom stereocenters. The summed E-state index contributed by atoms with van der Waals surface area (Å²) in [5.41, 5.74) is 0.886. The molecule has 2 aromatic rings. The summed E-state index contributed by atoms with van der Waals surface area (Å²) in [7, 11) is 0. The van der Waals surface area contributed by atoms with E-state index in [0.717, 1.165) is 18.2 Å². The van der Waals surface area contributed by atoms with Crippen LogP contribution in [0, 0.1) is 11.6 Å². The fourth-order valence-corrected chi connectivity index (χ4v) is 1.59. The van der Waals surface area contributed by atoms with Crippen LogP contribution in [0.2, 0.25) is 0 Å². The zero-order valence-electron chi connectivity index (χ0n) is 8.65. The second-order valence-electron chi connectivity index (χ2n) is 3.59. The van der Waals surface area contributed by atoms with Gasteiger partial charge in [-0.1, -0.05) is 0 Å². The average Bonchev–Trinajstić information content (AvgIpc) is 2.26. The van der Waals surface area contributed by atoms with E-state index in [1.165, 1.54) is 18.2 Å². The number of carbonyl (C=O) groups is 1. The maximum absolute atomic E-state index is 13.0. The molecule has 2 rings (SSSR count). The monoisotopic (exact) mass is 234 g/mol. The number of aromatic hydroxyl groups is 1. The molecule has 0 amide bonds. The highest BCUT2D eigenvalue weighted by molar-refractivity contribution is 5.80. The van der Waals surface area contributed by atoms with Gasteiger partial charge in [0, 0.05) is 11.6 Å². The number of hydrogen-bond donors (Lipinski definition) is 1. The lowest BCUT2D eigenvalue weighted by Crippen LogP contribution is -1.86. The molecule has 1 N–H and O–H groups in total. The minimum absolute atomic E-state index is 0.130. The average molecular weight is 234 g/mol. The first-order valence-electron chi connectivity index (χ1n) is 4.84. The number of phenols is 1. The van der Waals surface area contributed by atoms with E-state index >= 15 is 0 Å². The summed E-state index contributed by atoms with van der Waals surface area (Å²) in [4.78, 5) is 10.6. The van der Waals surface area contributed by atoms with Crippen molar-refractivity contribution in [3.8, 4) is 16.9 Å². The van der Waals surface area contributed by atoms with Crippen molar-refractivity contribution in [1.29, 1.82) is 0 Å². The summed E-state index contributed by atoms with van der Waals surface area (Å²) in [6.45, 7) is 0. The van der Waals surface area contributed by atoms with E-state index in [1.807, 2.05) is 0 Å². The van der Waals surface area contributed by atoms with E-state index in [4.69, 9.17) is 0 Å². The van der Waals surface area contributed by atoms with Gasteiger partial charge < -0.3 is 5.11 Å². The number of rotatable bonds is 2. The predicted octanol–water partition coefficient (Wildman–Crippen LogP) is 3.15. The van der Waals surface area contributed by atoms with Gasteiger partial charge in [-0.3, -0.25) is 4.79 Å². The van der Waals surface area contributed by atoms with Gasteiger partial charge in [0.25, 0.3) is 0 Å². The third-order valence-corrected chi connectivity index (χ3v) is 2.27. The molecular weight excluding hydrogens is 226 g/mol. The van der Waals surface area contributed by atoms with Crippen molar-refractivity contribution in [1.82, 2.24) is 0 Å². The molecule has 0 aromatic heterocycles. The summed E-state index contributed by atoms with van der Waals surface area (Å²) in [6, 6.07) is 7.07. The third-order valence-electron chi connectivity index (χ3n) is 2.27. The minimum atomic E-state index is -0.712. The highest BCUT2D eigenvalue weighted by atomic mass is 19.1. The lowest BCUT2D eigenvalue weighted by atomic mass is 10.0. The van der Waals surface area contributed by atoms with Gasteiger partial charge in [-0.25, -0.2) is 8.78 Å². The van der Waals surface area contributed by atoms with Crippen molar-refractivity contribution < 1.29 is 18.7 Å². The number of phenolic OH excluding ortho intramolecular Hbond substituents is 1. The quantitative estimate of drug-likeness (QED) is 0.810. The lowest BCUT2D eigenvalue weighted by molar-refractivity contribution is 0.112. The first kappa shape index (κ1) is 11.3. The number of hydrogen-bond acceptors (Lipinski definition) is 2. The molecule has 0 aliphatic heterocycles. The lowest BCUT2D eigenvalue weighted by Gasteiger charge is -2.04. The molecule has 2 nitrogen and oxygen atoms in total. The summed E-state index contributed by atoms with van der Waals surface area (Å²) in [5, 5.41) is 9.38. The molecule has 0 bridgehead atoms. The molecule has 0 saturated heterocycles. The molecule has 0 aliphatic rings. The van der Waals surface area contributed by atoms with Crippen LogP contribution in [0.5, 0.6) is 5.75 Å². The molecule has 86 valence electrons. The zero-order chi connectivity index (χ0) is 12.4. The topological polar surface area (TPSA) is 37.3 Å². The van der Waals surface area contributed by atoms with Crippen molar-refractivity contribution in [3.05, 3.63) is 53.6 Å². The van der Waals surface area contributed by atoms with Gasteiger partial charge in [0.2, 0.25) is 0 Å². The van der Waals surface area contributed by atoms with Crippen molar-refractivity contribution in [2.75, 3.05) is 0 Å². The zero-order valence-corrected chi connectivity index (χ0v) is 8.65. The SMILES string of the molecule is O=Cc1cc(O)cc(-c2cc(F)cc(F)c2)c1. The van der Waals surface area contributed by atoms with Crippen LogP contribution in [0.1, 0.15) is 10.4 Å². The molecule has 0 heterocycles. The summed E-state index contributed by atoms with van der Waals surface area (Å²) >= 11 is 0. The van der Waals surface area contributed by atoms with E-state index in [2.05, 4.69) is 0 Å². The smallest absolute Gasteiger partial charge is 0.150 e. The maximum atomic E-state index is 13.0. The Morgan fingerprint density at radius 3 is 2.06 bits per heavy atom. The highest BCUT2D eigenvalue weighted by Gasteiger charge is 2.06. The Balaban J connectivity index is 2.59. The normalized spacial score (nSPS) is 10.2. The van der Waals surface area contributed by atoms with Gasteiger partial charge in [0.15, 0.2) is 0 Å².